The monoisotopic (exact) mass is 604 g/mol. The van der Waals surface area contributed by atoms with Crippen LogP contribution in [0.2, 0.25) is 0 Å². The predicted molar refractivity (Wildman–Crippen MR) is 139 cm³/mol. The lowest BCUT2D eigenvalue weighted by Crippen LogP contribution is -2.70. The van der Waals surface area contributed by atoms with E-state index in [9.17, 15) is 31.9 Å². The summed E-state index contributed by atoms with van der Waals surface area (Å²) in [7, 11) is 0. The molecule has 3 fully saturated rings. The number of carbonyl (C=O) groups excluding carboxylic acids is 1. The van der Waals surface area contributed by atoms with Gasteiger partial charge in [-0.3, -0.25) is 4.90 Å². The van der Waals surface area contributed by atoms with Crippen molar-refractivity contribution < 1.29 is 45.7 Å². The zero-order valence-corrected chi connectivity index (χ0v) is 23.6. The number of fused-ring (bicyclic) bond motifs is 3. The molecular formula is C26H29F5N4O5S. The van der Waals surface area contributed by atoms with Gasteiger partial charge in [0.2, 0.25) is 0 Å². The average molecular weight is 605 g/mol. The van der Waals surface area contributed by atoms with Crippen LogP contribution in [0.25, 0.3) is 21.7 Å². The van der Waals surface area contributed by atoms with E-state index in [1.807, 2.05) is 0 Å². The Morgan fingerprint density at radius 3 is 2.32 bits per heavy atom. The highest BCUT2D eigenvalue weighted by molar-refractivity contribution is 7.13. The number of oxazole rings is 1. The van der Waals surface area contributed by atoms with E-state index in [0.717, 1.165) is 6.07 Å². The Morgan fingerprint density at radius 1 is 1.12 bits per heavy atom. The minimum atomic E-state index is -5.29. The number of thiazole rings is 1. The fourth-order valence-corrected chi connectivity index (χ4v) is 5.52. The van der Waals surface area contributed by atoms with Gasteiger partial charge in [-0.15, -0.1) is 11.3 Å². The lowest BCUT2D eigenvalue weighted by molar-refractivity contribution is -0.374. The Bertz CT molecular complexity index is 1420. The maximum Gasteiger partial charge on any atom is 0.419 e. The third-order valence-electron chi connectivity index (χ3n) is 6.85. The van der Waals surface area contributed by atoms with Crippen molar-refractivity contribution in [1.82, 2.24) is 14.9 Å². The van der Waals surface area contributed by atoms with Crippen LogP contribution in [-0.2, 0) is 9.47 Å². The smallest absolute Gasteiger partial charge is 0.419 e. The molecule has 1 aromatic carbocycles. The molecule has 2 bridgehead atoms. The van der Waals surface area contributed by atoms with Gasteiger partial charge in [-0.25, -0.2) is 9.78 Å². The van der Waals surface area contributed by atoms with Crippen LogP contribution in [0.15, 0.2) is 28.1 Å². The maximum absolute atomic E-state index is 14.6. The molecular weight excluding hydrogens is 575 g/mol. The highest BCUT2D eigenvalue weighted by atomic mass is 32.1. The first kappa shape index (κ1) is 29.5. The lowest BCUT2D eigenvalue weighted by atomic mass is 9.88. The maximum atomic E-state index is 14.6. The summed E-state index contributed by atoms with van der Waals surface area (Å²) >= 11 is 1.21. The Kier molecular flexibility index (Phi) is 7.01. The summed E-state index contributed by atoms with van der Waals surface area (Å²) in [5.74, 6) is 0. The molecule has 3 aliphatic heterocycles. The Hall–Kier alpha value is -3.04. The van der Waals surface area contributed by atoms with Gasteiger partial charge in [0.1, 0.15) is 21.7 Å². The van der Waals surface area contributed by atoms with Crippen LogP contribution in [0.1, 0.15) is 52.7 Å². The van der Waals surface area contributed by atoms with Gasteiger partial charge in [0.25, 0.3) is 6.01 Å². The molecule has 15 heteroatoms. The van der Waals surface area contributed by atoms with Crippen molar-refractivity contribution in [3.05, 3.63) is 29.3 Å². The number of hydrogen-bond acceptors (Lipinski definition) is 9. The standard InChI is InChI=1S/C26H29F5N4O5S/c1-23(2,3)40-22(36)35-13-10-14(35)12-34(11-13)21-33-17-15(6-7-16(18(17)38-21)20-32-8-9-41-20)19(25(27,28)29)39-26(30,31)24(4,5)37/h6-9,13-14,19,37H,10-12H2,1-5H3. The lowest BCUT2D eigenvalue weighted by Gasteiger charge is -2.55. The number of aliphatic hydroxyl groups is 1. The van der Waals surface area contributed by atoms with Crippen LogP contribution in [0.3, 0.4) is 0 Å². The number of hydrogen-bond donors (Lipinski definition) is 1. The van der Waals surface area contributed by atoms with Gasteiger partial charge in [-0.05, 0) is 47.1 Å². The van der Waals surface area contributed by atoms with Gasteiger partial charge in [0.05, 0.1) is 17.6 Å². The fourth-order valence-electron chi connectivity index (χ4n) is 4.86. The number of carbonyl (C=O) groups is 1. The van der Waals surface area contributed by atoms with Crippen molar-refractivity contribution in [3.8, 4) is 10.6 Å². The second-order valence-corrected chi connectivity index (χ2v) is 12.6. The first-order valence-electron chi connectivity index (χ1n) is 12.8. The summed E-state index contributed by atoms with van der Waals surface area (Å²) in [6.45, 7) is 7.14. The topological polar surface area (TPSA) is 101 Å². The Balaban J connectivity index is 1.53. The van der Waals surface area contributed by atoms with Crippen LogP contribution in [0.5, 0.6) is 0 Å². The summed E-state index contributed by atoms with van der Waals surface area (Å²) in [5, 5.41) is 11.9. The average Bonchev–Trinajstić information content (AvgIpc) is 3.50. The van der Waals surface area contributed by atoms with Crippen molar-refractivity contribution in [2.24, 2.45) is 0 Å². The Morgan fingerprint density at radius 2 is 1.78 bits per heavy atom. The van der Waals surface area contributed by atoms with E-state index >= 15 is 0 Å². The van der Waals surface area contributed by atoms with E-state index in [4.69, 9.17) is 9.15 Å². The van der Waals surface area contributed by atoms with Crippen LogP contribution >= 0.6 is 11.3 Å². The minimum absolute atomic E-state index is 0.0287. The van der Waals surface area contributed by atoms with Gasteiger partial charge in [0.15, 0.2) is 11.7 Å². The highest BCUT2D eigenvalue weighted by Gasteiger charge is 2.55. The third-order valence-corrected chi connectivity index (χ3v) is 7.66. The molecule has 0 spiro atoms. The zero-order valence-electron chi connectivity index (χ0n) is 22.8. The number of piperidine rings is 1. The van der Waals surface area contributed by atoms with Gasteiger partial charge in [-0.1, -0.05) is 6.07 Å². The summed E-state index contributed by atoms with van der Waals surface area (Å²) < 4.78 is 87.5. The fraction of sp³-hybridized carbons (Fsp3) is 0.577. The predicted octanol–water partition coefficient (Wildman–Crippen LogP) is 6.13. The molecule has 0 radical (unpaired) electrons. The molecule has 0 saturated carbocycles. The van der Waals surface area contributed by atoms with E-state index in [-0.39, 0.29) is 42.3 Å². The second-order valence-electron chi connectivity index (χ2n) is 11.7. The molecule has 224 valence electrons. The third kappa shape index (κ3) is 5.58. The number of aromatic nitrogens is 2. The highest BCUT2D eigenvalue weighted by Crippen LogP contribution is 2.47. The van der Waals surface area contributed by atoms with Crippen LogP contribution in [0.4, 0.5) is 32.8 Å². The summed E-state index contributed by atoms with van der Waals surface area (Å²) in [6, 6.07) is 1.80. The van der Waals surface area contributed by atoms with Crippen molar-refractivity contribution in [3.63, 3.8) is 0 Å². The number of anilines is 1. The van der Waals surface area contributed by atoms with Crippen molar-refractivity contribution in [2.75, 3.05) is 18.0 Å². The molecule has 0 aliphatic carbocycles. The van der Waals surface area contributed by atoms with Crippen LogP contribution in [-0.4, -0.2) is 74.7 Å². The van der Waals surface area contributed by atoms with E-state index in [1.165, 1.54) is 23.6 Å². The van der Waals surface area contributed by atoms with Gasteiger partial charge < -0.3 is 23.9 Å². The summed E-state index contributed by atoms with van der Waals surface area (Å²) in [4.78, 5) is 24.5. The van der Waals surface area contributed by atoms with Crippen LogP contribution < -0.4 is 4.90 Å². The molecule has 3 aliphatic rings. The number of piperazine rings is 1. The quantitative estimate of drug-likeness (QED) is 0.336. The molecule has 3 unspecified atom stereocenters. The molecule has 3 atom stereocenters. The number of nitrogens with zero attached hydrogens (tertiary/aromatic N) is 4. The van der Waals surface area contributed by atoms with Gasteiger partial charge >= 0.3 is 18.4 Å². The van der Waals surface area contributed by atoms with E-state index in [0.29, 0.717) is 30.8 Å². The first-order chi connectivity index (χ1) is 18.9. The largest absolute Gasteiger partial charge is 0.444 e. The molecule has 2 aromatic heterocycles. The Labute approximate surface area is 235 Å². The van der Waals surface area contributed by atoms with Crippen molar-refractivity contribution in [1.29, 1.82) is 0 Å². The second kappa shape index (κ2) is 9.76. The molecule has 1 N–H and O–H groups in total. The van der Waals surface area contributed by atoms with E-state index in [1.54, 1.807) is 36.0 Å². The number of ether oxygens (including phenoxy) is 2. The summed E-state index contributed by atoms with van der Waals surface area (Å²) in [5.41, 5.74) is -4.37. The van der Waals surface area contributed by atoms with Gasteiger partial charge in [-0.2, -0.15) is 26.9 Å². The molecule has 1 amide bonds. The summed E-state index contributed by atoms with van der Waals surface area (Å²) in [6.07, 6.45) is -11.2. The molecule has 3 aromatic rings. The molecule has 3 saturated heterocycles. The molecule has 6 rings (SSSR count). The van der Waals surface area contributed by atoms with Gasteiger partial charge in [0, 0.05) is 30.2 Å². The molecule has 9 nitrogen and oxygen atoms in total. The number of rotatable bonds is 6. The first-order valence-corrected chi connectivity index (χ1v) is 13.7. The minimum Gasteiger partial charge on any atom is -0.444 e. The number of alkyl halides is 5. The molecule has 41 heavy (non-hydrogen) atoms. The van der Waals surface area contributed by atoms with Crippen molar-refractivity contribution >= 4 is 34.5 Å². The molecule has 5 heterocycles. The van der Waals surface area contributed by atoms with Crippen molar-refractivity contribution in [2.45, 2.75) is 82.7 Å². The zero-order chi connectivity index (χ0) is 30.1. The van der Waals surface area contributed by atoms with E-state index in [2.05, 4.69) is 14.7 Å². The van der Waals surface area contributed by atoms with Crippen LogP contribution in [0, 0.1) is 0 Å². The number of amides is 1. The SMILES string of the molecule is CC(C)(C)OC(=O)N1C2CC1CN(c1nc3c(C(OC(F)(F)C(C)(C)O)C(F)(F)F)ccc(-c4nccs4)c3o1)C2. The number of benzene rings is 1. The normalized spacial score (nSPS) is 20.8. The number of halogens is 5. The van der Waals surface area contributed by atoms with E-state index < -0.39 is 41.2 Å².